The second-order valence-corrected chi connectivity index (χ2v) is 4.02. The van der Waals surface area contributed by atoms with Crippen LogP contribution in [0.1, 0.15) is 23.6 Å². The molecule has 0 radical (unpaired) electrons. The second-order valence-electron chi connectivity index (χ2n) is 4.02. The van der Waals surface area contributed by atoms with Gasteiger partial charge in [0.1, 0.15) is 11.6 Å². The van der Waals surface area contributed by atoms with E-state index in [0.29, 0.717) is 11.1 Å². The molecular formula is C12H14F2O2. The Morgan fingerprint density at radius 2 is 1.94 bits per heavy atom. The van der Waals surface area contributed by atoms with Crippen molar-refractivity contribution in [3.05, 3.63) is 34.4 Å². The molecule has 0 saturated carbocycles. The summed E-state index contributed by atoms with van der Waals surface area (Å²) in [6.07, 6.45) is 0.134. The van der Waals surface area contributed by atoms with Gasteiger partial charge in [-0.3, -0.25) is 4.79 Å². The zero-order valence-corrected chi connectivity index (χ0v) is 9.47. The molecule has 1 aromatic rings. The van der Waals surface area contributed by atoms with Crippen LogP contribution >= 0.6 is 0 Å². The van der Waals surface area contributed by atoms with Crippen LogP contribution in [0.2, 0.25) is 0 Å². The molecule has 1 aromatic carbocycles. The average molecular weight is 228 g/mol. The molecule has 0 fully saturated rings. The van der Waals surface area contributed by atoms with Crippen molar-refractivity contribution >= 4 is 5.97 Å². The van der Waals surface area contributed by atoms with Crippen molar-refractivity contribution in [2.75, 3.05) is 0 Å². The van der Waals surface area contributed by atoms with Crippen molar-refractivity contribution in [3.8, 4) is 0 Å². The molecule has 1 unspecified atom stereocenters. The summed E-state index contributed by atoms with van der Waals surface area (Å²) in [5.74, 6) is -2.84. The highest BCUT2D eigenvalue weighted by molar-refractivity contribution is 5.70. The van der Waals surface area contributed by atoms with Crippen molar-refractivity contribution in [1.82, 2.24) is 0 Å². The summed E-state index contributed by atoms with van der Waals surface area (Å²) in [6, 6.07) is 1.22. The smallest absolute Gasteiger partial charge is 0.306 e. The van der Waals surface area contributed by atoms with Crippen LogP contribution in [0.25, 0.3) is 0 Å². The van der Waals surface area contributed by atoms with Crippen LogP contribution in [0.3, 0.4) is 0 Å². The van der Waals surface area contributed by atoms with Crippen LogP contribution in [-0.4, -0.2) is 11.1 Å². The third-order valence-electron chi connectivity index (χ3n) is 2.75. The van der Waals surface area contributed by atoms with Crippen LogP contribution < -0.4 is 0 Å². The Morgan fingerprint density at radius 1 is 1.38 bits per heavy atom. The summed E-state index contributed by atoms with van der Waals surface area (Å²) < 4.78 is 26.8. The minimum atomic E-state index is -0.971. The van der Waals surface area contributed by atoms with Crippen LogP contribution in [0, 0.1) is 31.4 Å². The van der Waals surface area contributed by atoms with E-state index in [1.807, 2.05) is 0 Å². The fourth-order valence-corrected chi connectivity index (χ4v) is 1.53. The molecule has 0 aromatic heterocycles. The van der Waals surface area contributed by atoms with Crippen molar-refractivity contribution in [2.45, 2.75) is 27.2 Å². The predicted octanol–water partition coefficient (Wildman–Crippen LogP) is 2.84. The highest BCUT2D eigenvalue weighted by Gasteiger charge is 2.17. The fraction of sp³-hybridized carbons (Fsp3) is 0.417. The monoisotopic (exact) mass is 228 g/mol. The summed E-state index contributed by atoms with van der Waals surface area (Å²) in [5.41, 5.74) is 0.715. The van der Waals surface area contributed by atoms with Crippen molar-refractivity contribution < 1.29 is 18.7 Å². The molecule has 0 amide bonds. The van der Waals surface area contributed by atoms with Gasteiger partial charge < -0.3 is 5.11 Å². The molecule has 0 saturated heterocycles. The molecule has 16 heavy (non-hydrogen) atoms. The van der Waals surface area contributed by atoms with E-state index in [1.54, 1.807) is 0 Å². The van der Waals surface area contributed by atoms with Crippen LogP contribution in [-0.2, 0) is 11.2 Å². The molecule has 1 N–H and O–H groups in total. The number of halogens is 2. The van der Waals surface area contributed by atoms with Gasteiger partial charge in [-0.25, -0.2) is 8.78 Å². The number of hydrogen-bond donors (Lipinski definition) is 1. The maximum atomic E-state index is 13.5. The van der Waals surface area contributed by atoms with Gasteiger partial charge in [0.2, 0.25) is 0 Å². The Hall–Kier alpha value is -1.45. The molecule has 0 aliphatic rings. The number of rotatable bonds is 3. The largest absolute Gasteiger partial charge is 0.481 e. The van der Waals surface area contributed by atoms with Gasteiger partial charge in [-0.05, 0) is 37.5 Å². The molecule has 0 aliphatic heterocycles. The molecule has 2 nitrogen and oxygen atoms in total. The molecular weight excluding hydrogens is 214 g/mol. The Kier molecular flexibility index (Phi) is 3.62. The van der Waals surface area contributed by atoms with Crippen LogP contribution in [0.5, 0.6) is 0 Å². The summed E-state index contributed by atoms with van der Waals surface area (Å²) in [5, 5.41) is 8.74. The van der Waals surface area contributed by atoms with E-state index in [2.05, 4.69) is 0 Å². The molecule has 0 spiro atoms. The van der Waals surface area contributed by atoms with Crippen LogP contribution in [0.4, 0.5) is 8.78 Å². The molecule has 1 atom stereocenters. The van der Waals surface area contributed by atoms with Crippen LogP contribution in [0.15, 0.2) is 6.07 Å². The van der Waals surface area contributed by atoms with E-state index < -0.39 is 23.5 Å². The number of hydrogen-bond acceptors (Lipinski definition) is 1. The van der Waals surface area contributed by atoms with Gasteiger partial charge in [-0.1, -0.05) is 6.92 Å². The Morgan fingerprint density at radius 3 is 2.44 bits per heavy atom. The Bertz CT molecular complexity index is 428. The lowest BCUT2D eigenvalue weighted by molar-refractivity contribution is -0.141. The molecule has 0 heterocycles. The van der Waals surface area contributed by atoms with Gasteiger partial charge in [-0.2, -0.15) is 0 Å². The summed E-state index contributed by atoms with van der Waals surface area (Å²) >= 11 is 0. The number of carboxylic acids is 1. The maximum Gasteiger partial charge on any atom is 0.306 e. The van der Waals surface area contributed by atoms with Crippen molar-refractivity contribution in [2.24, 2.45) is 5.92 Å². The van der Waals surface area contributed by atoms with Crippen molar-refractivity contribution in [1.29, 1.82) is 0 Å². The summed E-state index contributed by atoms with van der Waals surface area (Å²) in [4.78, 5) is 10.7. The quantitative estimate of drug-likeness (QED) is 0.863. The second kappa shape index (κ2) is 4.60. The van der Waals surface area contributed by atoms with Gasteiger partial charge in [0.25, 0.3) is 0 Å². The lowest BCUT2D eigenvalue weighted by atomic mass is 9.95. The van der Waals surface area contributed by atoms with Gasteiger partial charge in [0.05, 0.1) is 5.92 Å². The topological polar surface area (TPSA) is 37.3 Å². The van der Waals surface area contributed by atoms with E-state index in [-0.39, 0.29) is 12.0 Å². The SMILES string of the molecule is Cc1c(F)cc(CC(C)C(=O)O)c(C)c1F. The van der Waals surface area contributed by atoms with Gasteiger partial charge in [-0.15, -0.1) is 0 Å². The third-order valence-corrected chi connectivity index (χ3v) is 2.75. The number of carboxylic acid groups (broad SMARTS) is 1. The van der Waals surface area contributed by atoms with Gasteiger partial charge in [0, 0.05) is 5.56 Å². The lowest BCUT2D eigenvalue weighted by Gasteiger charge is -2.12. The number of benzene rings is 1. The zero-order valence-electron chi connectivity index (χ0n) is 9.47. The minimum absolute atomic E-state index is 0.0239. The maximum absolute atomic E-state index is 13.5. The predicted molar refractivity (Wildman–Crippen MR) is 56.3 cm³/mol. The Balaban J connectivity index is 3.11. The van der Waals surface area contributed by atoms with Gasteiger partial charge in [0.15, 0.2) is 0 Å². The fourth-order valence-electron chi connectivity index (χ4n) is 1.53. The summed E-state index contributed by atoms with van der Waals surface area (Å²) in [7, 11) is 0. The normalized spacial score (nSPS) is 12.6. The number of carbonyl (C=O) groups is 1. The van der Waals surface area contributed by atoms with E-state index in [9.17, 15) is 13.6 Å². The average Bonchev–Trinajstić information content (AvgIpc) is 2.22. The first-order chi connectivity index (χ1) is 7.34. The molecule has 0 aliphatic carbocycles. The van der Waals surface area contributed by atoms with E-state index in [0.717, 1.165) is 0 Å². The molecule has 4 heteroatoms. The van der Waals surface area contributed by atoms with E-state index in [1.165, 1.54) is 26.8 Å². The highest BCUT2D eigenvalue weighted by Crippen LogP contribution is 2.22. The van der Waals surface area contributed by atoms with E-state index in [4.69, 9.17) is 5.11 Å². The van der Waals surface area contributed by atoms with Crippen molar-refractivity contribution in [3.63, 3.8) is 0 Å². The Labute approximate surface area is 92.9 Å². The van der Waals surface area contributed by atoms with E-state index >= 15 is 0 Å². The standard InChI is InChI=1S/C12H14F2O2/c1-6(12(15)16)4-9-5-10(13)8(3)11(14)7(9)2/h5-6H,4H2,1-3H3,(H,15,16). The molecule has 0 bridgehead atoms. The first-order valence-corrected chi connectivity index (χ1v) is 5.01. The molecule has 88 valence electrons. The minimum Gasteiger partial charge on any atom is -0.481 e. The first kappa shape index (κ1) is 12.6. The lowest BCUT2D eigenvalue weighted by Crippen LogP contribution is -2.14. The highest BCUT2D eigenvalue weighted by atomic mass is 19.1. The summed E-state index contributed by atoms with van der Waals surface area (Å²) in [6.45, 7) is 4.41. The molecule has 1 rings (SSSR count). The zero-order chi connectivity index (χ0) is 12.5. The van der Waals surface area contributed by atoms with Gasteiger partial charge >= 0.3 is 5.97 Å². The number of aliphatic carboxylic acids is 1. The third kappa shape index (κ3) is 2.38. The first-order valence-electron chi connectivity index (χ1n) is 5.01.